The van der Waals surface area contributed by atoms with Gasteiger partial charge in [0.05, 0.1) is 0 Å². The van der Waals surface area contributed by atoms with Crippen molar-refractivity contribution in [2.45, 2.75) is 17.7 Å². The zero-order valence-electron chi connectivity index (χ0n) is 10.2. The summed E-state index contributed by atoms with van der Waals surface area (Å²) in [5.41, 5.74) is 2.38. The number of aryl methyl sites for hydroxylation is 1. The van der Waals surface area contributed by atoms with Crippen LogP contribution in [0.3, 0.4) is 0 Å². The number of thioether (sulfide) groups is 1. The van der Waals surface area contributed by atoms with Crippen molar-refractivity contribution in [3.63, 3.8) is 0 Å². The first-order chi connectivity index (χ1) is 8.81. The Hall–Kier alpha value is -1.33. The summed E-state index contributed by atoms with van der Waals surface area (Å²) in [5.74, 6) is 0.861. The molecule has 0 saturated carbocycles. The number of anilines is 2. The average molecular weight is 277 g/mol. The van der Waals surface area contributed by atoms with Gasteiger partial charge in [0.15, 0.2) is 4.34 Å². The van der Waals surface area contributed by atoms with Gasteiger partial charge in [0.2, 0.25) is 5.13 Å². The molecule has 0 aliphatic heterocycles. The molecule has 0 atom stereocenters. The van der Waals surface area contributed by atoms with Crippen LogP contribution < -0.4 is 5.32 Å². The summed E-state index contributed by atoms with van der Waals surface area (Å²) >= 11 is 3.20. The Kier molecular flexibility index (Phi) is 4.78. The predicted octanol–water partition coefficient (Wildman–Crippen LogP) is 4.12. The fourth-order valence-electron chi connectivity index (χ4n) is 1.40. The molecule has 0 bridgehead atoms. The van der Waals surface area contributed by atoms with E-state index in [2.05, 4.69) is 53.3 Å². The number of nitrogens with one attached hydrogen (secondary N) is 1. The molecular weight excluding hydrogens is 262 g/mol. The van der Waals surface area contributed by atoms with Crippen LogP contribution >= 0.6 is 23.1 Å². The Bertz CT molecular complexity index is 505. The van der Waals surface area contributed by atoms with Gasteiger partial charge in [-0.15, -0.1) is 16.8 Å². The molecule has 0 aliphatic rings. The second-order valence-corrected chi connectivity index (χ2v) is 5.89. The van der Waals surface area contributed by atoms with Gasteiger partial charge in [0, 0.05) is 11.4 Å². The lowest BCUT2D eigenvalue weighted by molar-refractivity contribution is 1.01. The van der Waals surface area contributed by atoms with Crippen LogP contribution in [0.25, 0.3) is 0 Å². The van der Waals surface area contributed by atoms with Crippen LogP contribution in [-0.2, 0) is 6.42 Å². The van der Waals surface area contributed by atoms with Crippen molar-refractivity contribution in [2.75, 3.05) is 11.1 Å². The van der Waals surface area contributed by atoms with Gasteiger partial charge in [0.1, 0.15) is 0 Å². The van der Waals surface area contributed by atoms with Gasteiger partial charge < -0.3 is 5.32 Å². The van der Waals surface area contributed by atoms with E-state index in [-0.39, 0.29) is 0 Å². The summed E-state index contributed by atoms with van der Waals surface area (Å²) in [6, 6.07) is 8.38. The molecule has 2 rings (SSSR count). The number of aromatic nitrogens is 2. The topological polar surface area (TPSA) is 37.8 Å². The second kappa shape index (κ2) is 6.56. The third-order valence-corrected chi connectivity index (χ3v) is 4.31. The Morgan fingerprint density at radius 1 is 1.33 bits per heavy atom. The highest BCUT2D eigenvalue weighted by molar-refractivity contribution is 8.01. The van der Waals surface area contributed by atoms with Crippen LogP contribution in [0.2, 0.25) is 0 Å². The van der Waals surface area contributed by atoms with Gasteiger partial charge in [0.25, 0.3) is 0 Å². The monoisotopic (exact) mass is 277 g/mol. The maximum Gasteiger partial charge on any atom is 0.210 e. The first-order valence-electron chi connectivity index (χ1n) is 5.75. The summed E-state index contributed by atoms with van der Waals surface area (Å²) in [4.78, 5) is 0. The van der Waals surface area contributed by atoms with E-state index in [1.165, 1.54) is 5.56 Å². The largest absolute Gasteiger partial charge is 0.330 e. The summed E-state index contributed by atoms with van der Waals surface area (Å²) < 4.78 is 0.961. The van der Waals surface area contributed by atoms with Crippen LogP contribution in [0.1, 0.15) is 12.5 Å². The summed E-state index contributed by atoms with van der Waals surface area (Å²) in [7, 11) is 0. The minimum Gasteiger partial charge on any atom is -0.330 e. The van der Waals surface area contributed by atoms with E-state index in [9.17, 15) is 0 Å². The molecule has 0 fully saturated rings. The molecule has 5 heteroatoms. The Balaban J connectivity index is 1.99. The van der Waals surface area contributed by atoms with Gasteiger partial charge in [-0.1, -0.05) is 48.2 Å². The lowest BCUT2D eigenvalue weighted by atomic mass is 10.1. The molecule has 1 aromatic carbocycles. The van der Waals surface area contributed by atoms with Crippen molar-refractivity contribution in [1.82, 2.24) is 10.2 Å². The highest BCUT2D eigenvalue weighted by Crippen LogP contribution is 2.27. The molecule has 3 nitrogen and oxygen atoms in total. The SMILES string of the molecule is C=CCSc1nnc(Nc2ccc(CC)cc2)s1. The Labute approximate surface area is 115 Å². The number of hydrogen-bond donors (Lipinski definition) is 1. The fraction of sp³-hybridized carbons (Fsp3) is 0.231. The highest BCUT2D eigenvalue weighted by Gasteiger charge is 2.04. The van der Waals surface area contributed by atoms with E-state index in [1.807, 2.05) is 6.08 Å². The van der Waals surface area contributed by atoms with Crippen molar-refractivity contribution >= 4 is 33.9 Å². The summed E-state index contributed by atoms with van der Waals surface area (Å²) in [5, 5.41) is 12.3. The molecule has 1 heterocycles. The minimum atomic E-state index is 0.825. The summed E-state index contributed by atoms with van der Waals surface area (Å²) in [6.07, 6.45) is 2.92. The first kappa shape index (κ1) is 13.1. The van der Waals surface area contributed by atoms with E-state index in [1.54, 1.807) is 23.1 Å². The molecule has 94 valence electrons. The minimum absolute atomic E-state index is 0.825. The normalized spacial score (nSPS) is 10.3. The van der Waals surface area contributed by atoms with Crippen molar-refractivity contribution in [3.8, 4) is 0 Å². The lowest BCUT2D eigenvalue weighted by Crippen LogP contribution is -1.89. The summed E-state index contributed by atoms with van der Waals surface area (Å²) in [6.45, 7) is 5.84. The van der Waals surface area contributed by atoms with Crippen molar-refractivity contribution in [3.05, 3.63) is 42.5 Å². The van der Waals surface area contributed by atoms with E-state index in [0.29, 0.717) is 0 Å². The number of hydrogen-bond acceptors (Lipinski definition) is 5. The number of rotatable bonds is 6. The average Bonchev–Trinajstić information content (AvgIpc) is 2.85. The van der Waals surface area contributed by atoms with Crippen molar-refractivity contribution in [2.24, 2.45) is 0 Å². The van der Waals surface area contributed by atoms with Gasteiger partial charge >= 0.3 is 0 Å². The smallest absolute Gasteiger partial charge is 0.210 e. The Morgan fingerprint density at radius 2 is 2.11 bits per heavy atom. The van der Waals surface area contributed by atoms with Crippen LogP contribution in [-0.4, -0.2) is 16.0 Å². The zero-order chi connectivity index (χ0) is 12.8. The molecule has 0 unspecified atom stereocenters. The fourth-order valence-corrected chi connectivity index (χ4v) is 2.93. The van der Waals surface area contributed by atoms with E-state index in [0.717, 1.165) is 27.3 Å². The Morgan fingerprint density at radius 3 is 2.78 bits per heavy atom. The lowest BCUT2D eigenvalue weighted by Gasteiger charge is -2.02. The molecule has 0 saturated heterocycles. The second-order valence-electron chi connectivity index (χ2n) is 3.65. The molecule has 0 amide bonds. The molecule has 2 aromatic rings. The van der Waals surface area contributed by atoms with Crippen LogP contribution in [0.15, 0.2) is 41.3 Å². The third kappa shape index (κ3) is 3.58. The molecule has 0 radical (unpaired) electrons. The molecule has 18 heavy (non-hydrogen) atoms. The van der Waals surface area contributed by atoms with Crippen LogP contribution in [0.5, 0.6) is 0 Å². The maximum absolute atomic E-state index is 4.11. The van der Waals surface area contributed by atoms with Gasteiger partial charge in [-0.3, -0.25) is 0 Å². The van der Waals surface area contributed by atoms with Crippen molar-refractivity contribution in [1.29, 1.82) is 0 Å². The zero-order valence-corrected chi connectivity index (χ0v) is 11.9. The third-order valence-electron chi connectivity index (χ3n) is 2.34. The quantitative estimate of drug-likeness (QED) is 0.636. The van der Waals surface area contributed by atoms with Crippen LogP contribution in [0.4, 0.5) is 10.8 Å². The molecule has 0 spiro atoms. The molecule has 1 aromatic heterocycles. The van der Waals surface area contributed by atoms with Gasteiger partial charge in [-0.2, -0.15) is 0 Å². The first-order valence-corrected chi connectivity index (χ1v) is 7.55. The van der Waals surface area contributed by atoms with Crippen LogP contribution in [0, 0.1) is 0 Å². The maximum atomic E-state index is 4.11. The number of benzene rings is 1. The number of nitrogens with zero attached hydrogens (tertiary/aromatic N) is 2. The van der Waals surface area contributed by atoms with E-state index >= 15 is 0 Å². The van der Waals surface area contributed by atoms with Gasteiger partial charge in [-0.05, 0) is 24.1 Å². The molecule has 1 N–H and O–H groups in total. The molecule has 0 aliphatic carbocycles. The predicted molar refractivity (Wildman–Crippen MR) is 79.9 cm³/mol. The van der Waals surface area contributed by atoms with Crippen molar-refractivity contribution < 1.29 is 0 Å². The van der Waals surface area contributed by atoms with E-state index in [4.69, 9.17) is 0 Å². The highest BCUT2D eigenvalue weighted by atomic mass is 32.2. The standard InChI is InChI=1S/C13H15N3S2/c1-3-9-17-13-16-15-12(18-13)14-11-7-5-10(4-2)6-8-11/h3,5-8H,1,4,9H2,2H3,(H,14,15). The van der Waals surface area contributed by atoms with Gasteiger partial charge in [-0.25, -0.2) is 0 Å². The van der Waals surface area contributed by atoms with E-state index < -0.39 is 0 Å². The molecular formula is C13H15N3S2.